The molecule has 10 heteroatoms. The highest BCUT2D eigenvalue weighted by Gasteiger charge is 2.30. The zero-order valence-electron chi connectivity index (χ0n) is 20.0. The van der Waals surface area contributed by atoms with Crippen molar-refractivity contribution in [2.75, 3.05) is 46.9 Å². The average molecular weight is 471 g/mol. The fraction of sp³-hybridized carbons (Fsp3) is 0.583. The van der Waals surface area contributed by atoms with E-state index in [-0.39, 0.29) is 24.3 Å². The number of nitrogens with one attached hydrogen (secondary N) is 2. The largest absolute Gasteiger partial charge is 0.493 e. The van der Waals surface area contributed by atoms with Crippen LogP contribution in [0.25, 0.3) is 0 Å². The van der Waals surface area contributed by atoms with Gasteiger partial charge in [0.25, 0.3) is 0 Å². The SMILES string of the molecule is COc1ccc(CCN=C(NC#N)N[C@H]2CCCCN(CC(=O)N3CCCC3)C2=O)cc1OC. The number of hydrogen-bond acceptors (Lipinski definition) is 6. The maximum absolute atomic E-state index is 13.2. The lowest BCUT2D eigenvalue weighted by molar-refractivity contribution is -0.140. The number of amides is 2. The lowest BCUT2D eigenvalue weighted by Gasteiger charge is -2.27. The number of ether oxygens (including phenoxy) is 2. The first-order valence-corrected chi connectivity index (χ1v) is 11.8. The second kappa shape index (κ2) is 12.7. The van der Waals surface area contributed by atoms with Crippen molar-refractivity contribution < 1.29 is 19.1 Å². The molecule has 0 bridgehead atoms. The third-order valence-electron chi connectivity index (χ3n) is 6.17. The summed E-state index contributed by atoms with van der Waals surface area (Å²) in [6.45, 7) is 2.62. The van der Waals surface area contributed by atoms with Gasteiger partial charge in [0.15, 0.2) is 17.7 Å². The fourth-order valence-electron chi connectivity index (χ4n) is 4.30. The number of carbonyl (C=O) groups is 2. The van der Waals surface area contributed by atoms with E-state index in [1.165, 1.54) is 0 Å². The lowest BCUT2D eigenvalue weighted by atomic mass is 10.1. The van der Waals surface area contributed by atoms with E-state index in [0.29, 0.717) is 37.4 Å². The maximum atomic E-state index is 13.2. The predicted octanol–water partition coefficient (Wildman–Crippen LogP) is 1.27. The first-order chi connectivity index (χ1) is 16.5. The molecule has 0 radical (unpaired) electrons. The number of nitrogens with zero attached hydrogens (tertiary/aromatic N) is 4. The smallest absolute Gasteiger partial charge is 0.245 e. The van der Waals surface area contributed by atoms with Gasteiger partial charge in [-0.1, -0.05) is 6.07 Å². The van der Waals surface area contributed by atoms with Gasteiger partial charge in [0.05, 0.1) is 20.8 Å². The molecule has 184 valence electrons. The van der Waals surface area contributed by atoms with Crippen molar-refractivity contribution in [2.24, 2.45) is 4.99 Å². The summed E-state index contributed by atoms with van der Waals surface area (Å²) < 4.78 is 10.6. The third kappa shape index (κ3) is 6.76. The minimum absolute atomic E-state index is 0.00506. The van der Waals surface area contributed by atoms with Gasteiger partial charge in [-0.25, -0.2) is 0 Å². The number of rotatable bonds is 8. The molecule has 0 spiro atoms. The van der Waals surface area contributed by atoms with E-state index in [1.54, 1.807) is 19.1 Å². The van der Waals surface area contributed by atoms with Crippen molar-refractivity contribution in [3.8, 4) is 17.7 Å². The molecule has 2 aliphatic heterocycles. The van der Waals surface area contributed by atoms with Crippen LogP contribution in [0.15, 0.2) is 23.2 Å². The van der Waals surface area contributed by atoms with Gasteiger partial charge in [-0.3, -0.25) is 19.9 Å². The highest BCUT2D eigenvalue weighted by Crippen LogP contribution is 2.27. The molecule has 2 saturated heterocycles. The first kappa shape index (κ1) is 25.1. The average Bonchev–Trinajstić information content (AvgIpc) is 3.34. The Morgan fingerprint density at radius 3 is 2.59 bits per heavy atom. The van der Waals surface area contributed by atoms with E-state index in [0.717, 1.165) is 44.3 Å². The summed E-state index contributed by atoms with van der Waals surface area (Å²) in [6.07, 6.45) is 6.86. The van der Waals surface area contributed by atoms with E-state index < -0.39 is 6.04 Å². The van der Waals surface area contributed by atoms with Crippen molar-refractivity contribution in [1.82, 2.24) is 20.4 Å². The predicted molar refractivity (Wildman–Crippen MR) is 127 cm³/mol. The van der Waals surface area contributed by atoms with E-state index in [1.807, 2.05) is 29.3 Å². The molecule has 34 heavy (non-hydrogen) atoms. The Hall–Kier alpha value is -3.48. The third-order valence-corrected chi connectivity index (χ3v) is 6.17. The van der Waals surface area contributed by atoms with Gasteiger partial charge in [0, 0.05) is 26.2 Å². The number of guanidine groups is 1. The molecule has 0 saturated carbocycles. The van der Waals surface area contributed by atoms with E-state index in [2.05, 4.69) is 15.6 Å². The number of nitriles is 1. The molecular weight excluding hydrogens is 436 g/mol. The zero-order chi connectivity index (χ0) is 24.3. The van der Waals surface area contributed by atoms with Gasteiger partial charge < -0.3 is 24.6 Å². The topological polar surface area (TPSA) is 119 Å². The van der Waals surface area contributed by atoms with Crippen molar-refractivity contribution in [3.63, 3.8) is 0 Å². The van der Waals surface area contributed by atoms with E-state index in [4.69, 9.17) is 14.7 Å². The first-order valence-electron chi connectivity index (χ1n) is 11.8. The maximum Gasteiger partial charge on any atom is 0.245 e. The van der Waals surface area contributed by atoms with Gasteiger partial charge in [-0.05, 0) is 56.2 Å². The Morgan fingerprint density at radius 1 is 1.15 bits per heavy atom. The number of likely N-dealkylation sites (tertiary alicyclic amines) is 2. The van der Waals surface area contributed by atoms with E-state index >= 15 is 0 Å². The van der Waals surface area contributed by atoms with Crippen LogP contribution >= 0.6 is 0 Å². The van der Waals surface area contributed by atoms with E-state index in [9.17, 15) is 9.59 Å². The van der Waals surface area contributed by atoms with Crippen LogP contribution in [0, 0.1) is 11.5 Å². The minimum atomic E-state index is -0.533. The van der Waals surface area contributed by atoms with Crippen LogP contribution in [0.1, 0.15) is 37.7 Å². The van der Waals surface area contributed by atoms with Crippen molar-refractivity contribution >= 4 is 17.8 Å². The summed E-state index contributed by atoms with van der Waals surface area (Å²) in [7, 11) is 3.18. The van der Waals surface area contributed by atoms with Gasteiger partial charge in [-0.15, -0.1) is 0 Å². The molecule has 1 atom stereocenters. The van der Waals surface area contributed by atoms with Crippen molar-refractivity contribution in [3.05, 3.63) is 23.8 Å². The Morgan fingerprint density at radius 2 is 1.88 bits per heavy atom. The van der Waals surface area contributed by atoms with Crippen LogP contribution in [0.2, 0.25) is 0 Å². The number of methoxy groups -OCH3 is 2. The molecule has 10 nitrogen and oxygen atoms in total. The van der Waals surface area contributed by atoms with Gasteiger partial charge in [-0.2, -0.15) is 5.26 Å². The lowest BCUT2D eigenvalue weighted by Crippen LogP contribution is -2.52. The Kier molecular flexibility index (Phi) is 9.38. The van der Waals surface area contributed by atoms with Crippen LogP contribution < -0.4 is 20.1 Å². The molecule has 2 N–H and O–H groups in total. The van der Waals surface area contributed by atoms with Crippen LogP contribution in [-0.4, -0.2) is 80.6 Å². The highest BCUT2D eigenvalue weighted by molar-refractivity contribution is 5.92. The molecule has 0 aliphatic carbocycles. The van der Waals surface area contributed by atoms with Crippen LogP contribution in [0.3, 0.4) is 0 Å². The molecule has 2 amide bonds. The molecular formula is C24H34N6O4. The second-order valence-corrected chi connectivity index (χ2v) is 8.45. The summed E-state index contributed by atoms with van der Waals surface area (Å²) in [6, 6.07) is 5.14. The second-order valence-electron chi connectivity index (χ2n) is 8.45. The molecule has 0 aromatic heterocycles. The number of hydrogen-bond donors (Lipinski definition) is 2. The standard InChI is InChI=1S/C24H34N6O4/c1-33-20-9-8-18(15-21(20)34-2)10-11-26-24(27-17-25)28-19-7-3-4-14-30(23(19)32)16-22(31)29-12-5-6-13-29/h8-9,15,19H,3-7,10-14,16H2,1-2H3,(H2,26,27,28)/t19-/m0/s1. The van der Waals surface area contributed by atoms with Gasteiger partial charge in [0.1, 0.15) is 6.04 Å². The molecule has 2 fully saturated rings. The number of carbonyl (C=O) groups excluding carboxylic acids is 2. The Balaban J connectivity index is 1.61. The highest BCUT2D eigenvalue weighted by atomic mass is 16.5. The minimum Gasteiger partial charge on any atom is -0.493 e. The van der Waals surface area contributed by atoms with Gasteiger partial charge in [0.2, 0.25) is 17.8 Å². The molecule has 3 rings (SSSR count). The summed E-state index contributed by atoms with van der Waals surface area (Å²) in [4.78, 5) is 33.7. The van der Waals surface area contributed by atoms with Crippen molar-refractivity contribution in [2.45, 2.75) is 44.6 Å². The molecule has 1 aromatic rings. The number of aliphatic imine (C=N–C) groups is 1. The summed E-state index contributed by atoms with van der Waals surface area (Å²) in [5.74, 6) is 1.44. The summed E-state index contributed by atoms with van der Waals surface area (Å²) >= 11 is 0. The van der Waals surface area contributed by atoms with Crippen molar-refractivity contribution in [1.29, 1.82) is 5.26 Å². The summed E-state index contributed by atoms with van der Waals surface area (Å²) in [5, 5.41) is 14.8. The van der Waals surface area contributed by atoms with Crippen LogP contribution in [-0.2, 0) is 16.0 Å². The normalized spacial score (nSPS) is 18.8. The number of benzene rings is 1. The summed E-state index contributed by atoms with van der Waals surface area (Å²) in [5.41, 5.74) is 1.01. The van der Waals surface area contributed by atoms with Crippen LogP contribution in [0.4, 0.5) is 0 Å². The van der Waals surface area contributed by atoms with Crippen LogP contribution in [0.5, 0.6) is 11.5 Å². The monoisotopic (exact) mass is 470 g/mol. The zero-order valence-corrected chi connectivity index (χ0v) is 20.0. The Labute approximate surface area is 200 Å². The molecule has 1 aromatic carbocycles. The molecule has 0 unspecified atom stereocenters. The quantitative estimate of drug-likeness (QED) is 0.254. The van der Waals surface area contributed by atoms with Gasteiger partial charge >= 0.3 is 0 Å². The fourth-order valence-corrected chi connectivity index (χ4v) is 4.30. The molecule has 2 heterocycles. The molecule has 2 aliphatic rings. The Bertz CT molecular complexity index is 923.